The van der Waals surface area contributed by atoms with Gasteiger partial charge in [0.1, 0.15) is 0 Å². The highest BCUT2D eigenvalue weighted by molar-refractivity contribution is 5.92. The highest BCUT2D eigenvalue weighted by atomic mass is 16.2. The first-order valence-electron chi connectivity index (χ1n) is 5.75. The van der Waals surface area contributed by atoms with E-state index in [1.165, 1.54) is 6.20 Å². The minimum absolute atomic E-state index is 0.0659. The monoisotopic (exact) mass is 245 g/mol. The summed E-state index contributed by atoms with van der Waals surface area (Å²) in [5.41, 5.74) is 1.17. The van der Waals surface area contributed by atoms with E-state index < -0.39 is 0 Å². The zero-order valence-electron chi connectivity index (χ0n) is 10.4. The van der Waals surface area contributed by atoms with Crippen LogP contribution in [-0.4, -0.2) is 37.2 Å². The van der Waals surface area contributed by atoms with Crippen molar-refractivity contribution in [2.24, 2.45) is 0 Å². The summed E-state index contributed by atoms with van der Waals surface area (Å²) in [6.45, 7) is 4.38. The van der Waals surface area contributed by atoms with Crippen LogP contribution < -0.4 is 0 Å². The number of aromatic nitrogens is 4. The Morgan fingerprint density at radius 3 is 2.83 bits per heavy atom. The fourth-order valence-corrected chi connectivity index (χ4v) is 1.61. The third-order valence-corrected chi connectivity index (χ3v) is 2.58. The highest BCUT2D eigenvalue weighted by Crippen LogP contribution is 2.09. The molecule has 0 bridgehead atoms. The van der Waals surface area contributed by atoms with E-state index in [2.05, 4.69) is 20.4 Å². The van der Waals surface area contributed by atoms with Crippen LogP contribution >= 0.6 is 0 Å². The highest BCUT2D eigenvalue weighted by Gasteiger charge is 2.21. The number of nitrogens with one attached hydrogen (secondary N) is 1. The molecule has 2 rings (SSSR count). The van der Waals surface area contributed by atoms with Gasteiger partial charge in [0.05, 0.1) is 18.4 Å². The second kappa shape index (κ2) is 5.39. The van der Waals surface area contributed by atoms with Crippen molar-refractivity contribution in [2.45, 2.75) is 26.4 Å². The number of hydrogen-bond acceptors (Lipinski definition) is 4. The quantitative estimate of drug-likeness (QED) is 0.879. The van der Waals surface area contributed by atoms with Crippen LogP contribution in [0.4, 0.5) is 0 Å². The van der Waals surface area contributed by atoms with Gasteiger partial charge in [0.2, 0.25) is 0 Å². The van der Waals surface area contributed by atoms with Crippen LogP contribution in [0.5, 0.6) is 0 Å². The largest absolute Gasteiger partial charge is 0.329 e. The van der Waals surface area contributed by atoms with Gasteiger partial charge in [-0.1, -0.05) is 6.07 Å². The maximum atomic E-state index is 12.2. The first-order chi connectivity index (χ1) is 8.68. The maximum absolute atomic E-state index is 12.2. The SMILES string of the molecule is CC(C)N(Cc1ccccn1)C(=O)c1cn[nH]n1. The molecule has 0 saturated carbocycles. The molecule has 6 nitrogen and oxygen atoms in total. The molecule has 0 fully saturated rings. The van der Waals surface area contributed by atoms with E-state index in [1.54, 1.807) is 11.1 Å². The Labute approximate surface area is 105 Å². The smallest absolute Gasteiger partial charge is 0.276 e. The summed E-state index contributed by atoms with van der Waals surface area (Å²) in [5, 5.41) is 9.91. The summed E-state index contributed by atoms with van der Waals surface area (Å²) in [4.78, 5) is 18.2. The second-order valence-corrected chi connectivity index (χ2v) is 4.20. The lowest BCUT2D eigenvalue weighted by atomic mass is 10.2. The predicted molar refractivity (Wildman–Crippen MR) is 65.6 cm³/mol. The minimum atomic E-state index is -0.149. The van der Waals surface area contributed by atoms with Gasteiger partial charge in [0, 0.05) is 12.2 Å². The summed E-state index contributed by atoms with van der Waals surface area (Å²) in [7, 11) is 0. The van der Waals surface area contributed by atoms with Gasteiger partial charge in [-0.15, -0.1) is 0 Å². The van der Waals surface area contributed by atoms with E-state index in [0.29, 0.717) is 12.2 Å². The third kappa shape index (κ3) is 2.71. The number of amides is 1. The lowest BCUT2D eigenvalue weighted by molar-refractivity contribution is 0.0681. The molecule has 0 atom stereocenters. The van der Waals surface area contributed by atoms with E-state index in [-0.39, 0.29) is 11.9 Å². The molecular weight excluding hydrogens is 230 g/mol. The molecule has 1 N–H and O–H groups in total. The van der Waals surface area contributed by atoms with Gasteiger partial charge < -0.3 is 4.90 Å². The van der Waals surface area contributed by atoms with E-state index in [9.17, 15) is 4.79 Å². The fraction of sp³-hybridized carbons (Fsp3) is 0.333. The molecule has 2 heterocycles. The van der Waals surface area contributed by atoms with Crippen LogP contribution in [0.3, 0.4) is 0 Å². The van der Waals surface area contributed by atoms with E-state index in [1.807, 2.05) is 32.0 Å². The van der Waals surface area contributed by atoms with Gasteiger partial charge in [0.15, 0.2) is 5.69 Å². The Bertz CT molecular complexity index is 494. The Kier molecular flexibility index (Phi) is 3.66. The number of pyridine rings is 1. The number of rotatable bonds is 4. The Morgan fingerprint density at radius 1 is 1.44 bits per heavy atom. The van der Waals surface area contributed by atoms with Crippen LogP contribution in [0.25, 0.3) is 0 Å². The van der Waals surface area contributed by atoms with Gasteiger partial charge in [-0.3, -0.25) is 9.78 Å². The van der Waals surface area contributed by atoms with Gasteiger partial charge >= 0.3 is 0 Å². The van der Waals surface area contributed by atoms with Crippen molar-refractivity contribution < 1.29 is 4.79 Å². The Balaban J connectivity index is 2.17. The summed E-state index contributed by atoms with van der Waals surface area (Å²) >= 11 is 0. The third-order valence-electron chi connectivity index (χ3n) is 2.58. The van der Waals surface area contributed by atoms with Crippen molar-refractivity contribution in [2.75, 3.05) is 0 Å². The molecule has 1 amide bonds. The molecule has 0 saturated heterocycles. The molecule has 0 unspecified atom stereocenters. The van der Waals surface area contributed by atoms with Crippen LogP contribution in [0.2, 0.25) is 0 Å². The first kappa shape index (κ1) is 12.2. The molecule has 2 aromatic rings. The van der Waals surface area contributed by atoms with Crippen LogP contribution in [0, 0.1) is 0 Å². The molecule has 0 spiro atoms. The Morgan fingerprint density at radius 2 is 2.28 bits per heavy atom. The lowest BCUT2D eigenvalue weighted by Crippen LogP contribution is -2.36. The average Bonchev–Trinajstić information content (AvgIpc) is 2.90. The van der Waals surface area contributed by atoms with Gasteiger partial charge in [0.25, 0.3) is 5.91 Å². The summed E-state index contributed by atoms with van der Waals surface area (Å²) in [6, 6.07) is 5.71. The van der Waals surface area contributed by atoms with Crippen molar-refractivity contribution >= 4 is 5.91 Å². The fourth-order valence-electron chi connectivity index (χ4n) is 1.61. The second-order valence-electron chi connectivity index (χ2n) is 4.20. The van der Waals surface area contributed by atoms with Crippen molar-refractivity contribution in [3.63, 3.8) is 0 Å². The predicted octanol–water partition coefficient (Wildman–Crippen LogP) is 1.25. The van der Waals surface area contributed by atoms with Crippen molar-refractivity contribution in [3.8, 4) is 0 Å². The Hall–Kier alpha value is -2.24. The number of aromatic amines is 1. The molecule has 0 aliphatic rings. The van der Waals surface area contributed by atoms with Gasteiger partial charge in [-0.2, -0.15) is 15.4 Å². The summed E-state index contributed by atoms with van der Waals surface area (Å²) < 4.78 is 0. The van der Waals surface area contributed by atoms with Crippen LogP contribution in [0.1, 0.15) is 30.0 Å². The van der Waals surface area contributed by atoms with Crippen molar-refractivity contribution in [3.05, 3.63) is 42.0 Å². The number of nitrogens with zero attached hydrogens (tertiary/aromatic N) is 4. The average molecular weight is 245 g/mol. The normalized spacial score (nSPS) is 10.6. The lowest BCUT2D eigenvalue weighted by Gasteiger charge is -2.25. The molecule has 0 aliphatic heterocycles. The maximum Gasteiger partial charge on any atom is 0.276 e. The van der Waals surface area contributed by atoms with Crippen molar-refractivity contribution in [1.29, 1.82) is 0 Å². The first-order valence-corrected chi connectivity index (χ1v) is 5.75. The molecule has 2 aromatic heterocycles. The minimum Gasteiger partial charge on any atom is -0.329 e. The van der Waals surface area contributed by atoms with Crippen LogP contribution in [-0.2, 0) is 6.54 Å². The molecule has 0 aromatic carbocycles. The summed E-state index contributed by atoms with van der Waals surface area (Å²) in [6.07, 6.45) is 3.14. The molecular formula is C12H15N5O. The molecule has 0 radical (unpaired) electrons. The molecule has 18 heavy (non-hydrogen) atoms. The zero-order chi connectivity index (χ0) is 13.0. The number of carbonyl (C=O) groups excluding carboxylic acids is 1. The number of hydrogen-bond donors (Lipinski definition) is 1. The van der Waals surface area contributed by atoms with E-state index >= 15 is 0 Å². The van der Waals surface area contributed by atoms with Crippen molar-refractivity contribution in [1.82, 2.24) is 25.3 Å². The molecule has 6 heteroatoms. The van der Waals surface area contributed by atoms with Gasteiger partial charge in [-0.05, 0) is 26.0 Å². The summed E-state index contributed by atoms with van der Waals surface area (Å²) in [5.74, 6) is -0.149. The van der Waals surface area contributed by atoms with E-state index in [0.717, 1.165) is 5.69 Å². The number of carbonyl (C=O) groups is 1. The van der Waals surface area contributed by atoms with Gasteiger partial charge in [-0.25, -0.2) is 0 Å². The molecule has 94 valence electrons. The van der Waals surface area contributed by atoms with E-state index in [4.69, 9.17) is 0 Å². The number of H-pyrrole nitrogens is 1. The van der Waals surface area contributed by atoms with Crippen LogP contribution in [0.15, 0.2) is 30.6 Å². The topological polar surface area (TPSA) is 74.8 Å². The standard InChI is InChI=1S/C12H15N5O/c1-9(2)17(8-10-5-3-4-6-13-10)12(18)11-7-14-16-15-11/h3-7,9H,8H2,1-2H3,(H,14,15,16). The molecule has 0 aliphatic carbocycles. The zero-order valence-corrected chi connectivity index (χ0v) is 10.4.